The number of nitrogens with zero attached hydrogens (tertiary/aromatic N) is 5. The number of hydrogen-bond donors (Lipinski definition) is 3. The molecule has 96 valence electrons. The lowest BCUT2D eigenvalue weighted by molar-refractivity contribution is 0.181. The average Bonchev–Trinajstić information content (AvgIpc) is 2.72. The van der Waals surface area contributed by atoms with Gasteiger partial charge in [0, 0.05) is 6.07 Å². The smallest absolute Gasteiger partial charge is 0.159 e. The van der Waals surface area contributed by atoms with E-state index in [0.717, 1.165) is 0 Å². The fourth-order valence-corrected chi connectivity index (χ4v) is 1.53. The lowest BCUT2D eigenvalue weighted by Gasteiger charge is -2.09. The van der Waals surface area contributed by atoms with Crippen LogP contribution >= 0.6 is 0 Å². The number of hydrogen-bond acceptors (Lipinski definition) is 7. The first-order valence-electron chi connectivity index (χ1n) is 5.44. The Balaban J connectivity index is 2.51. The average molecular weight is 249 g/mol. The predicted molar refractivity (Wildman–Crippen MR) is 63.4 cm³/mol. The first-order valence-corrected chi connectivity index (χ1v) is 5.44. The molecule has 2 rings (SSSR count). The third-order valence-electron chi connectivity index (χ3n) is 2.34. The van der Waals surface area contributed by atoms with Crippen molar-refractivity contribution in [3.05, 3.63) is 29.7 Å². The third-order valence-corrected chi connectivity index (χ3v) is 2.34. The zero-order valence-electron chi connectivity index (χ0n) is 10.1. The maximum absolute atomic E-state index is 9.30. The van der Waals surface area contributed by atoms with Gasteiger partial charge in [-0.05, 0) is 13.8 Å². The third kappa shape index (κ3) is 2.35. The summed E-state index contributed by atoms with van der Waals surface area (Å²) in [5.74, 6) is 1.65. The normalized spacial score (nSPS) is 14.5. The maximum atomic E-state index is 9.30. The van der Waals surface area contributed by atoms with Gasteiger partial charge in [0.25, 0.3) is 0 Å². The molecule has 0 aliphatic rings. The molecule has 8 heteroatoms. The standard InChI is InChI=1S/C10H15N7O/c1-5(11)10-15-6(2)16-17(10)8-3-7(9(12)18)13-4-14-8/h3-5,9,18H,11-12H2,1-2H3/t5-,9?/m0/s1. The Morgan fingerprint density at radius 1 is 1.33 bits per heavy atom. The Morgan fingerprint density at radius 2 is 2.06 bits per heavy atom. The zero-order valence-corrected chi connectivity index (χ0v) is 10.1. The number of aliphatic hydroxyl groups excluding tert-OH is 1. The lowest BCUT2D eigenvalue weighted by Crippen LogP contribution is -2.16. The summed E-state index contributed by atoms with van der Waals surface area (Å²) in [6.45, 7) is 3.57. The van der Waals surface area contributed by atoms with E-state index in [9.17, 15) is 5.11 Å². The number of aromatic nitrogens is 5. The van der Waals surface area contributed by atoms with Gasteiger partial charge in [0.05, 0.1) is 11.7 Å². The SMILES string of the molecule is Cc1nc([C@H](C)N)n(-c2cc(C(N)O)ncn2)n1. The van der Waals surface area contributed by atoms with Crippen molar-refractivity contribution in [2.45, 2.75) is 26.1 Å². The summed E-state index contributed by atoms with van der Waals surface area (Å²) in [5.41, 5.74) is 11.5. The highest BCUT2D eigenvalue weighted by molar-refractivity contribution is 5.25. The molecule has 5 N–H and O–H groups in total. The minimum atomic E-state index is -1.16. The summed E-state index contributed by atoms with van der Waals surface area (Å²) in [6, 6.07) is 1.26. The number of rotatable bonds is 3. The van der Waals surface area contributed by atoms with Crippen LogP contribution in [0.5, 0.6) is 0 Å². The maximum Gasteiger partial charge on any atom is 0.159 e. The first kappa shape index (κ1) is 12.6. The second-order valence-corrected chi connectivity index (χ2v) is 3.96. The highest BCUT2D eigenvalue weighted by Gasteiger charge is 2.15. The Morgan fingerprint density at radius 3 is 2.67 bits per heavy atom. The molecule has 0 saturated heterocycles. The second-order valence-electron chi connectivity index (χ2n) is 3.96. The van der Waals surface area contributed by atoms with E-state index in [0.29, 0.717) is 23.2 Å². The fraction of sp³-hybridized carbons (Fsp3) is 0.400. The van der Waals surface area contributed by atoms with Crippen molar-refractivity contribution < 1.29 is 5.11 Å². The summed E-state index contributed by atoms with van der Waals surface area (Å²) in [7, 11) is 0. The molecule has 0 radical (unpaired) electrons. The largest absolute Gasteiger partial charge is 0.373 e. The van der Waals surface area contributed by atoms with Gasteiger partial charge >= 0.3 is 0 Å². The lowest BCUT2D eigenvalue weighted by atomic mass is 10.3. The molecule has 2 heterocycles. The molecule has 1 unspecified atom stereocenters. The molecule has 0 aliphatic carbocycles. The molecule has 8 nitrogen and oxygen atoms in total. The summed E-state index contributed by atoms with van der Waals surface area (Å²) in [6.07, 6.45) is 0.151. The molecule has 2 aromatic rings. The van der Waals surface area contributed by atoms with Crippen LogP contribution in [-0.2, 0) is 0 Å². The van der Waals surface area contributed by atoms with Crippen LogP contribution in [0.2, 0.25) is 0 Å². The molecule has 0 amide bonds. The molecular weight excluding hydrogens is 234 g/mol. The number of nitrogens with two attached hydrogens (primary N) is 2. The Bertz CT molecular complexity index is 549. The first-order chi connectivity index (χ1) is 8.49. The summed E-state index contributed by atoms with van der Waals surface area (Å²) >= 11 is 0. The summed E-state index contributed by atoms with van der Waals surface area (Å²) in [5, 5.41) is 13.5. The quantitative estimate of drug-likeness (QED) is 0.615. The van der Waals surface area contributed by atoms with E-state index in [1.807, 2.05) is 0 Å². The number of aliphatic hydroxyl groups is 1. The van der Waals surface area contributed by atoms with Crippen molar-refractivity contribution in [3.8, 4) is 5.82 Å². The molecule has 0 aliphatic heterocycles. The molecule has 0 saturated carbocycles. The van der Waals surface area contributed by atoms with E-state index >= 15 is 0 Å². The molecule has 0 fully saturated rings. The van der Waals surface area contributed by atoms with Crippen LogP contribution in [0.3, 0.4) is 0 Å². The highest BCUT2D eigenvalue weighted by atomic mass is 16.3. The van der Waals surface area contributed by atoms with E-state index in [4.69, 9.17) is 11.5 Å². The van der Waals surface area contributed by atoms with Crippen LogP contribution in [0.1, 0.15) is 36.5 Å². The van der Waals surface area contributed by atoms with E-state index in [1.165, 1.54) is 11.0 Å². The van der Waals surface area contributed by atoms with E-state index in [1.54, 1.807) is 19.9 Å². The predicted octanol–water partition coefficient (Wildman–Crippen LogP) is -0.665. The van der Waals surface area contributed by atoms with Gasteiger partial charge in [-0.2, -0.15) is 4.68 Å². The van der Waals surface area contributed by atoms with Gasteiger partial charge in [0.1, 0.15) is 18.4 Å². The van der Waals surface area contributed by atoms with Gasteiger partial charge in [0.15, 0.2) is 11.6 Å². The molecule has 2 aromatic heterocycles. The van der Waals surface area contributed by atoms with Crippen LogP contribution in [0, 0.1) is 6.92 Å². The molecule has 0 aromatic carbocycles. The van der Waals surface area contributed by atoms with Gasteiger partial charge in [-0.3, -0.25) is 0 Å². The van der Waals surface area contributed by atoms with Gasteiger partial charge in [-0.15, -0.1) is 5.10 Å². The topological polar surface area (TPSA) is 129 Å². The van der Waals surface area contributed by atoms with Gasteiger partial charge in [-0.1, -0.05) is 0 Å². The molecule has 0 spiro atoms. The second kappa shape index (κ2) is 4.77. The fourth-order valence-electron chi connectivity index (χ4n) is 1.53. The van der Waals surface area contributed by atoms with Crippen molar-refractivity contribution in [2.24, 2.45) is 11.5 Å². The van der Waals surface area contributed by atoms with E-state index in [2.05, 4.69) is 20.1 Å². The van der Waals surface area contributed by atoms with Crippen LogP contribution < -0.4 is 11.5 Å². The molecule has 0 bridgehead atoms. The van der Waals surface area contributed by atoms with Crippen LogP contribution in [-0.4, -0.2) is 29.8 Å². The van der Waals surface area contributed by atoms with Crippen LogP contribution in [0.15, 0.2) is 12.4 Å². The monoisotopic (exact) mass is 249 g/mol. The van der Waals surface area contributed by atoms with Crippen LogP contribution in [0.25, 0.3) is 5.82 Å². The Kier molecular flexibility index (Phi) is 3.32. The highest BCUT2D eigenvalue weighted by Crippen LogP contribution is 2.14. The summed E-state index contributed by atoms with van der Waals surface area (Å²) < 4.78 is 1.52. The van der Waals surface area contributed by atoms with Gasteiger partial charge in [0.2, 0.25) is 0 Å². The minimum Gasteiger partial charge on any atom is -0.373 e. The summed E-state index contributed by atoms with van der Waals surface area (Å²) in [4.78, 5) is 12.2. The van der Waals surface area contributed by atoms with Gasteiger partial charge in [-0.25, -0.2) is 15.0 Å². The Labute approximate surface area is 104 Å². The van der Waals surface area contributed by atoms with Crippen LogP contribution in [0.4, 0.5) is 0 Å². The molecular formula is C10H15N7O. The van der Waals surface area contributed by atoms with Crippen molar-refractivity contribution in [2.75, 3.05) is 0 Å². The Hall–Kier alpha value is -1.90. The van der Waals surface area contributed by atoms with E-state index < -0.39 is 6.23 Å². The zero-order chi connectivity index (χ0) is 13.3. The van der Waals surface area contributed by atoms with E-state index in [-0.39, 0.29) is 6.04 Å². The van der Waals surface area contributed by atoms with Gasteiger partial charge < -0.3 is 16.6 Å². The van der Waals surface area contributed by atoms with Crippen molar-refractivity contribution >= 4 is 0 Å². The van der Waals surface area contributed by atoms with Crippen molar-refractivity contribution in [1.29, 1.82) is 0 Å². The van der Waals surface area contributed by atoms with Crippen molar-refractivity contribution in [1.82, 2.24) is 24.7 Å². The van der Waals surface area contributed by atoms with Crippen molar-refractivity contribution in [3.63, 3.8) is 0 Å². The number of aryl methyl sites for hydroxylation is 1. The molecule has 18 heavy (non-hydrogen) atoms. The minimum absolute atomic E-state index is 0.285. The molecule has 2 atom stereocenters.